The molecule has 0 fully saturated rings. The Morgan fingerprint density at radius 3 is 1.90 bits per heavy atom. The molecule has 0 bridgehead atoms. The molecular formula is C7H9BrN2. The third-order valence-corrected chi connectivity index (χ3v) is 1.67. The van der Waals surface area contributed by atoms with E-state index >= 15 is 0 Å². The zero-order valence-corrected chi connectivity index (χ0v) is 7.01. The van der Waals surface area contributed by atoms with Crippen molar-refractivity contribution in [1.29, 1.82) is 0 Å². The minimum absolute atomic E-state index is 0.870. The molecule has 0 heterocycles. The largest absolute Gasteiger partial charge is 0.301 e. The molecule has 1 aromatic rings. The fraction of sp³-hybridized carbons (Fsp3) is 0.143. The molecule has 4 N–H and O–H groups in total. The number of halogens is 1. The third kappa shape index (κ3) is 1.80. The quantitative estimate of drug-likeness (QED) is 0.406. The Hall–Kier alpha value is -0.380. The van der Waals surface area contributed by atoms with Crippen LogP contribution in [-0.4, -0.2) is 0 Å². The van der Waals surface area contributed by atoms with E-state index in [2.05, 4.69) is 15.9 Å². The summed E-state index contributed by atoms with van der Waals surface area (Å²) in [5.74, 6) is 0. The number of hydrogen-bond donors (Lipinski definition) is 2. The lowest BCUT2D eigenvalue weighted by Gasteiger charge is -2.15. The highest BCUT2D eigenvalue weighted by Crippen LogP contribution is 2.17. The van der Waals surface area contributed by atoms with Crippen LogP contribution in [0.15, 0.2) is 30.3 Å². The van der Waals surface area contributed by atoms with Gasteiger partial charge in [0.15, 0.2) is 0 Å². The van der Waals surface area contributed by atoms with Gasteiger partial charge in [-0.05, 0) is 21.5 Å². The van der Waals surface area contributed by atoms with Gasteiger partial charge in [-0.3, -0.25) is 0 Å². The predicted molar refractivity (Wildman–Crippen MR) is 45.4 cm³/mol. The van der Waals surface area contributed by atoms with E-state index in [9.17, 15) is 0 Å². The van der Waals surface area contributed by atoms with Crippen LogP contribution in [0.3, 0.4) is 0 Å². The molecule has 2 nitrogen and oxygen atoms in total. The number of nitrogens with two attached hydrogens (primary N) is 2. The lowest BCUT2D eigenvalue weighted by Crippen LogP contribution is -2.39. The van der Waals surface area contributed by atoms with Crippen LogP contribution in [0.5, 0.6) is 0 Å². The van der Waals surface area contributed by atoms with Gasteiger partial charge in [0.2, 0.25) is 0 Å². The summed E-state index contributed by atoms with van der Waals surface area (Å²) in [5, 5.41) is 0. The van der Waals surface area contributed by atoms with Crippen LogP contribution < -0.4 is 11.5 Å². The standard InChI is InChI=1S/C7H9BrN2/c8-7(9,10)6-4-2-1-3-5-6/h1-5H,9-10H2. The molecule has 1 rings (SSSR count). The molecule has 0 saturated heterocycles. The van der Waals surface area contributed by atoms with Gasteiger partial charge in [0.25, 0.3) is 0 Å². The van der Waals surface area contributed by atoms with Crippen molar-refractivity contribution in [2.45, 2.75) is 4.57 Å². The van der Waals surface area contributed by atoms with Gasteiger partial charge in [-0.15, -0.1) is 0 Å². The smallest absolute Gasteiger partial charge is 0.147 e. The molecule has 0 radical (unpaired) electrons. The van der Waals surface area contributed by atoms with E-state index in [1.54, 1.807) is 0 Å². The monoisotopic (exact) mass is 200 g/mol. The van der Waals surface area contributed by atoms with Gasteiger partial charge in [0.1, 0.15) is 4.57 Å². The van der Waals surface area contributed by atoms with Crippen molar-refractivity contribution in [2.24, 2.45) is 11.5 Å². The number of benzene rings is 1. The molecule has 0 amide bonds. The summed E-state index contributed by atoms with van der Waals surface area (Å²) in [6.07, 6.45) is 0. The fourth-order valence-corrected chi connectivity index (χ4v) is 0.958. The minimum atomic E-state index is -0.895. The van der Waals surface area contributed by atoms with Gasteiger partial charge in [-0.1, -0.05) is 30.3 Å². The molecule has 54 valence electrons. The van der Waals surface area contributed by atoms with Gasteiger partial charge in [-0.25, -0.2) is 0 Å². The highest BCUT2D eigenvalue weighted by atomic mass is 79.9. The van der Waals surface area contributed by atoms with Crippen LogP contribution in [0.2, 0.25) is 0 Å². The van der Waals surface area contributed by atoms with Crippen molar-refractivity contribution in [2.75, 3.05) is 0 Å². The lowest BCUT2D eigenvalue weighted by atomic mass is 10.2. The second-order valence-electron chi connectivity index (χ2n) is 2.13. The van der Waals surface area contributed by atoms with E-state index in [-0.39, 0.29) is 0 Å². The van der Waals surface area contributed by atoms with Crippen molar-refractivity contribution in [3.05, 3.63) is 35.9 Å². The molecule has 0 aromatic heterocycles. The summed E-state index contributed by atoms with van der Waals surface area (Å²) in [5.41, 5.74) is 12.0. The van der Waals surface area contributed by atoms with Gasteiger partial charge >= 0.3 is 0 Å². The van der Waals surface area contributed by atoms with Crippen LogP contribution in [0, 0.1) is 0 Å². The van der Waals surface area contributed by atoms with Crippen LogP contribution in [-0.2, 0) is 4.57 Å². The Morgan fingerprint density at radius 1 is 1.10 bits per heavy atom. The van der Waals surface area contributed by atoms with E-state index in [1.165, 1.54) is 0 Å². The molecule has 3 heteroatoms. The van der Waals surface area contributed by atoms with Crippen molar-refractivity contribution in [3.63, 3.8) is 0 Å². The molecule has 0 aliphatic rings. The number of rotatable bonds is 1. The highest BCUT2D eigenvalue weighted by Gasteiger charge is 2.15. The zero-order valence-electron chi connectivity index (χ0n) is 5.42. The van der Waals surface area contributed by atoms with Crippen LogP contribution >= 0.6 is 15.9 Å². The fourth-order valence-electron chi connectivity index (χ4n) is 0.694. The first-order valence-electron chi connectivity index (χ1n) is 2.93. The Balaban J connectivity index is 2.97. The molecule has 0 aliphatic heterocycles. The first kappa shape index (κ1) is 7.72. The molecule has 0 atom stereocenters. The molecule has 0 aliphatic carbocycles. The van der Waals surface area contributed by atoms with Crippen molar-refractivity contribution < 1.29 is 0 Å². The van der Waals surface area contributed by atoms with Gasteiger partial charge < -0.3 is 11.5 Å². The van der Waals surface area contributed by atoms with E-state index in [0.29, 0.717) is 0 Å². The summed E-state index contributed by atoms with van der Waals surface area (Å²) in [4.78, 5) is 0. The summed E-state index contributed by atoms with van der Waals surface area (Å²) < 4.78 is -0.895. The molecule has 10 heavy (non-hydrogen) atoms. The topological polar surface area (TPSA) is 52.0 Å². The Labute approximate surface area is 68.3 Å². The third-order valence-electron chi connectivity index (χ3n) is 1.22. The average molecular weight is 201 g/mol. The molecule has 1 aromatic carbocycles. The lowest BCUT2D eigenvalue weighted by molar-refractivity contribution is 0.714. The first-order valence-corrected chi connectivity index (χ1v) is 3.72. The van der Waals surface area contributed by atoms with Gasteiger partial charge in [0, 0.05) is 0 Å². The number of alkyl halides is 1. The second-order valence-corrected chi connectivity index (χ2v) is 3.45. The van der Waals surface area contributed by atoms with Gasteiger partial charge in [0.05, 0.1) is 0 Å². The molecular weight excluding hydrogens is 192 g/mol. The normalized spacial score (nSPS) is 11.5. The molecule has 0 saturated carbocycles. The zero-order chi connectivity index (χ0) is 7.61. The van der Waals surface area contributed by atoms with E-state index in [0.717, 1.165) is 5.56 Å². The maximum Gasteiger partial charge on any atom is 0.147 e. The van der Waals surface area contributed by atoms with Crippen LogP contribution in [0.1, 0.15) is 5.56 Å². The minimum Gasteiger partial charge on any atom is -0.301 e. The number of hydrogen-bond acceptors (Lipinski definition) is 2. The highest BCUT2D eigenvalue weighted by molar-refractivity contribution is 9.09. The molecule has 0 spiro atoms. The van der Waals surface area contributed by atoms with E-state index in [4.69, 9.17) is 11.5 Å². The van der Waals surface area contributed by atoms with Crippen LogP contribution in [0.4, 0.5) is 0 Å². The van der Waals surface area contributed by atoms with E-state index < -0.39 is 4.57 Å². The molecule has 0 unspecified atom stereocenters. The average Bonchev–Trinajstić information content (AvgIpc) is 1.88. The summed E-state index contributed by atoms with van der Waals surface area (Å²) in [7, 11) is 0. The first-order chi connectivity index (χ1) is 4.61. The summed E-state index contributed by atoms with van der Waals surface area (Å²) in [6, 6.07) is 9.45. The van der Waals surface area contributed by atoms with Gasteiger partial charge in [-0.2, -0.15) is 0 Å². The van der Waals surface area contributed by atoms with Crippen molar-refractivity contribution in [3.8, 4) is 0 Å². The van der Waals surface area contributed by atoms with Crippen molar-refractivity contribution in [1.82, 2.24) is 0 Å². The van der Waals surface area contributed by atoms with Crippen LogP contribution in [0.25, 0.3) is 0 Å². The maximum absolute atomic E-state index is 5.55. The SMILES string of the molecule is NC(N)(Br)c1ccccc1. The summed E-state index contributed by atoms with van der Waals surface area (Å²) in [6.45, 7) is 0. The Morgan fingerprint density at radius 2 is 1.60 bits per heavy atom. The predicted octanol–water partition coefficient (Wildman–Crippen LogP) is 1.11. The second kappa shape index (κ2) is 2.70. The Kier molecular flexibility index (Phi) is 2.08. The maximum atomic E-state index is 5.55. The van der Waals surface area contributed by atoms with E-state index in [1.807, 2.05) is 30.3 Å². The Bertz CT molecular complexity index is 203. The summed E-state index contributed by atoms with van der Waals surface area (Å²) >= 11 is 3.14. The van der Waals surface area contributed by atoms with Crippen molar-refractivity contribution >= 4 is 15.9 Å².